The average molecular weight is 354 g/mol. The van der Waals surface area contributed by atoms with Crippen LogP contribution in [0, 0.1) is 5.41 Å². The van der Waals surface area contributed by atoms with Crippen molar-refractivity contribution in [3.05, 3.63) is 39.5 Å². The van der Waals surface area contributed by atoms with Crippen molar-refractivity contribution >= 4 is 40.1 Å². The first-order valence-corrected chi connectivity index (χ1v) is 6.95. The van der Waals surface area contributed by atoms with Gasteiger partial charge in [0.15, 0.2) is 11.2 Å². The maximum atomic E-state index is 12.1. The molecule has 1 fully saturated rings. The van der Waals surface area contributed by atoms with Gasteiger partial charge in [-0.3, -0.25) is 9.59 Å². The number of benzene rings is 1. The predicted molar refractivity (Wildman–Crippen MR) is 74.8 cm³/mol. The van der Waals surface area contributed by atoms with Crippen molar-refractivity contribution in [3.63, 3.8) is 0 Å². The summed E-state index contributed by atoms with van der Waals surface area (Å²) in [5, 5.41) is 0. The third kappa shape index (κ3) is 1.48. The highest BCUT2D eigenvalue weighted by atomic mass is 127. The molecule has 1 aliphatic heterocycles. The quantitative estimate of drug-likeness (QED) is 0.442. The molecule has 92 valence electrons. The Morgan fingerprint density at radius 2 is 1.89 bits per heavy atom. The Labute approximate surface area is 118 Å². The molecule has 1 aliphatic carbocycles. The summed E-state index contributed by atoms with van der Waals surface area (Å²) in [6, 6.07) is 9.47. The van der Waals surface area contributed by atoms with E-state index in [4.69, 9.17) is 4.74 Å². The van der Waals surface area contributed by atoms with Gasteiger partial charge in [-0.15, -0.1) is 0 Å². The van der Waals surface area contributed by atoms with E-state index in [0.29, 0.717) is 18.6 Å². The Morgan fingerprint density at radius 3 is 2.50 bits per heavy atom. The van der Waals surface area contributed by atoms with Gasteiger partial charge in [-0.05, 0) is 35.4 Å². The summed E-state index contributed by atoms with van der Waals surface area (Å²) < 4.78 is 6.13. The molecular formula is C14H11IO3. The fourth-order valence-corrected chi connectivity index (χ4v) is 3.81. The smallest absolute Gasteiger partial charge is 0.330 e. The van der Waals surface area contributed by atoms with Crippen LogP contribution in [-0.2, 0) is 14.3 Å². The standard InChI is InChI=1S/C14H11IO3/c15-12-11(9-5-2-1-3-6-9)18-13(17)14(12)8-4-7-10(14)16/h1-3,5-6H,4,7-8H2/t14-/m0/s1. The van der Waals surface area contributed by atoms with Crippen LogP contribution in [0.3, 0.4) is 0 Å². The zero-order valence-electron chi connectivity index (χ0n) is 9.61. The normalized spacial score (nSPS) is 27.2. The van der Waals surface area contributed by atoms with Crippen LogP contribution in [0.4, 0.5) is 0 Å². The van der Waals surface area contributed by atoms with E-state index in [1.165, 1.54) is 0 Å². The fraction of sp³-hybridized carbons (Fsp3) is 0.286. The first kappa shape index (κ1) is 11.9. The van der Waals surface area contributed by atoms with Crippen molar-refractivity contribution in [1.29, 1.82) is 0 Å². The van der Waals surface area contributed by atoms with Gasteiger partial charge in [-0.2, -0.15) is 0 Å². The van der Waals surface area contributed by atoms with Crippen LogP contribution in [0.15, 0.2) is 33.9 Å². The highest BCUT2D eigenvalue weighted by molar-refractivity contribution is 14.1. The van der Waals surface area contributed by atoms with Crippen LogP contribution >= 0.6 is 22.6 Å². The van der Waals surface area contributed by atoms with Gasteiger partial charge in [-0.25, -0.2) is 0 Å². The van der Waals surface area contributed by atoms with Crippen LogP contribution in [0.1, 0.15) is 24.8 Å². The number of esters is 1. The maximum Gasteiger partial charge on any atom is 0.330 e. The Hall–Kier alpha value is -1.17. The SMILES string of the molecule is O=C1CCC[C@]12C(=O)OC(c1ccccc1)=C2I. The molecule has 0 N–H and O–H groups in total. The van der Waals surface area contributed by atoms with Crippen LogP contribution in [0.2, 0.25) is 0 Å². The van der Waals surface area contributed by atoms with Crippen molar-refractivity contribution < 1.29 is 14.3 Å². The summed E-state index contributed by atoms with van der Waals surface area (Å²) in [6.45, 7) is 0. The number of carbonyl (C=O) groups excluding carboxylic acids is 2. The fourth-order valence-electron chi connectivity index (χ4n) is 2.60. The largest absolute Gasteiger partial charge is 0.424 e. The lowest BCUT2D eigenvalue weighted by atomic mass is 9.85. The summed E-state index contributed by atoms with van der Waals surface area (Å²) in [4.78, 5) is 24.2. The number of halogens is 1. The third-order valence-electron chi connectivity index (χ3n) is 3.58. The molecule has 1 aromatic carbocycles. The van der Waals surface area contributed by atoms with Gasteiger partial charge in [0.1, 0.15) is 5.76 Å². The first-order chi connectivity index (χ1) is 8.66. The van der Waals surface area contributed by atoms with Crippen LogP contribution in [0.25, 0.3) is 5.76 Å². The second kappa shape index (κ2) is 4.19. The van der Waals surface area contributed by atoms with Gasteiger partial charge in [0.25, 0.3) is 0 Å². The highest BCUT2D eigenvalue weighted by Crippen LogP contribution is 2.53. The van der Waals surface area contributed by atoms with E-state index in [1.54, 1.807) is 0 Å². The molecule has 1 aromatic rings. The molecule has 1 saturated carbocycles. The van der Waals surface area contributed by atoms with Crippen molar-refractivity contribution in [2.75, 3.05) is 0 Å². The maximum absolute atomic E-state index is 12.1. The molecule has 1 spiro atoms. The van der Waals surface area contributed by atoms with E-state index in [-0.39, 0.29) is 5.78 Å². The molecule has 3 nitrogen and oxygen atoms in total. The van der Waals surface area contributed by atoms with Crippen LogP contribution in [-0.4, -0.2) is 11.8 Å². The van der Waals surface area contributed by atoms with Crippen molar-refractivity contribution in [2.45, 2.75) is 19.3 Å². The van der Waals surface area contributed by atoms with E-state index in [0.717, 1.165) is 15.6 Å². The number of hydrogen-bond acceptors (Lipinski definition) is 3. The van der Waals surface area contributed by atoms with E-state index in [9.17, 15) is 9.59 Å². The van der Waals surface area contributed by atoms with Crippen LogP contribution < -0.4 is 0 Å². The predicted octanol–water partition coefficient (Wildman–Crippen LogP) is 3.09. The minimum absolute atomic E-state index is 0.00262. The van der Waals surface area contributed by atoms with E-state index in [2.05, 4.69) is 22.6 Å². The minimum Gasteiger partial charge on any atom is -0.424 e. The number of Topliss-reactive ketones (excluding diaryl/α,β-unsaturated/α-hetero) is 1. The molecule has 0 aromatic heterocycles. The lowest BCUT2D eigenvalue weighted by Gasteiger charge is -2.16. The average Bonchev–Trinajstić information content (AvgIpc) is 2.89. The van der Waals surface area contributed by atoms with Crippen molar-refractivity contribution in [1.82, 2.24) is 0 Å². The van der Waals surface area contributed by atoms with Gasteiger partial charge >= 0.3 is 5.97 Å². The van der Waals surface area contributed by atoms with E-state index >= 15 is 0 Å². The Bertz CT molecular complexity index is 562. The molecule has 4 heteroatoms. The summed E-state index contributed by atoms with van der Waals surface area (Å²) >= 11 is 2.10. The second-order valence-electron chi connectivity index (χ2n) is 4.58. The number of ketones is 1. The molecule has 0 radical (unpaired) electrons. The Kier molecular flexibility index (Phi) is 2.77. The Morgan fingerprint density at radius 1 is 1.17 bits per heavy atom. The van der Waals surface area contributed by atoms with Crippen molar-refractivity contribution in [3.8, 4) is 0 Å². The van der Waals surface area contributed by atoms with Crippen molar-refractivity contribution in [2.24, 2.45) is 5.41 Å². The Balaban J connectivity index is 2.13. The molecule has 0 bridgehead atoms. The van der Waals surface area contributed by atoms with Gasteiger partial charge in [0, 0.05) is 12.0 Å². The number of hydrogen-bond donors (Lipinski definition) is 0. The third-order valence-corrected chi connectivity index (χ3v) is 5.00. The molecule has 3 rings (SSSR count). The lowest BCUT2D eigenvalue weighted by molar-refractivity contribution is -0.147. The first-order valence-electron chi connectivity index (χ1n) is 5.87. The molecule has 1 atom stereocenters. The van der Waals surface area contributed by atoms with E-state index < -0.39 is 11.4 Å². The lowest BCUT2D eigenvalue weighted by Crippen LogP contribution is -2.32. The number of rotatable bonds is 1. The summed E-state index contributed by atoms with van der Waals surface area (Å²) in [6.07, 6.45) is 1.82. The van der Waals surface area contributed by atoms with Crippen LogP contribution in [0.5, 0.6) is 0 Å². The van der Waals surface area contributed by atoms with Gasteiger partial charge in [0.05, 0.1) is 3.58 Å². The number of ether oxygens (including phenoxy) is 1. The molecular weight excluding hydrogens is 343 g/mol. The number of carbonyl (C=O) groups is 2. The summed E-state index contributed by atoms with van der Waals surface area (Å²) in [5.41, 5.74) is -0.141. The molecule has 0 saturated heterocycles. The summed E-state index contributed by atoms with van der Waals surface area (Å²) in [7, 11) is 0. The topological polar surface area (TPSA) is 43.4 Å². The molecule has 0 unspecified atom stereocenters. The highest BCUT2D eigenvalue weighted by Gasteiger charge is 2.57. The summed E-state index contributed by atoms with van der Waals surface area (Å²) in [5.74, 6) is 0.160. The van der Waals surface area contributed by atoms with Gasteiger partial charge in [0.2, 0.25) is 0 Å². The van der Waals surface area contributed by atoms with E-state index in [1.807, 2.05) is 30.3 Å². The molecule has 0 amide bonds. The second-order valence-corrected chi connectivity index (χ2v) is 5.66. The monoisotopic (exact) mass is 354 g/mol. The number of cyclic esters (lactones) is 1. The molecule has 18 heavy (non-hydrogen) atoms. The zero-order chi connectivity index (χ0) is 12.8. The minimum atomic E-state index is -0.994. The van der Waals surface area contributed by atoms with Gasteiger partial charge < -0.3 is 4.74 Å². The zero-order valence-corrected chi connectivity index (χ0v) is 11.8. The molecule has 1 heterocycles. The molecule has 2 aliphatic rings. The van der Waals surface area contributed by atoms with Gasteiger partial charge in [-0.1, -0.05) is 30.3 Å².